The maximum Gasteiger partial charge on any atom is 0.417 e. The standard InChI is InChI=1S/C22H23NO4/c1-12-17-14-7-8-15(10-14)19(17)20(24)18(12)21(25)23-16(11-27-22(23)26)9-13-5-3-2-4-6-13/h2-6,14-17,19H,7-11H2,1H3/t14-,15+,16-,17+,19-/m0/s1. The van der Waals surface area contributed by atoms with E-state index in [1.54, 1.807) is 0 Å². The zero-order valence-electron chi connectivity index (χ0n) is 15.4. The number of ether oxygens (including phenoxy) is 1. The minimum absolute atomic E-state index is 0.0334. The molecule has 2 amide bonds. The number of amides is 2. The summed E-state index contributed by atoms with van der Waals surface area (Å²) in [6, 6.07) is 9.38. The van der Waals surface area contributed by atoms with Crippen molar-refractivity contribution >= 4 is 17.8 Å². The van der Waals surface area contributed by atoms with E-state index in [0.717, 1.165) is 30.4 Å². The average Bonchev–Trinajstić information content (AvgIpc) is 3.40. The van der Waals surface area contributed by atoms with Crippen molar-refractivity contribution in [1.82, 2.24) is 4.90 Å². The van der Waals surface area contributed by atoms with Crippen molar-refractivity contribution < 1.29 is 19.1 Å². The third-order valence-electron chi connectivity index (χ3n) is 7.07. The molecule has 1 aliphatic heterocycles. The van der Waals surface area contributed by atoms with Crippen LogP contribution in [0.1, 0.15) is 31.7 Å². The first-order valence-corrected chi connectivity index (χ1v) is 9.85. The number of carbonyl (C=O) groups excluding carboxylic acids is 3. The van der Waals surface area contributed by atoms with Crippen molar-refractivity contribution in [1.29, 1.82) is 0 Å². The van der Waals surface area contributed by atoms with Gasteiger partial charge in [-0.15, -0.1) is 0 Å². The second-order valence-corrected chi connectivity index (χ2v) is 8.40. The third-order valence-corrected chi connectivity index (χ3v) is 7.07. The molecule has 4 aliphatic rings. The fourth-order valence-electron chi connectivity index (χ4n) is 5.96. The summed E-state index contributed by atoms with van der Waals surface area (Å²) in [6.45, 7) is 2.10. The molecule has 5 atom stereocenters. The van der Waals surface area contributed by atoms with E-state index in [0.29, 0.717) is 18.3 Å². The van der Waals surface area contributed by atoms with Crippen LogP contribution in [-0.4, -0.2) is 35.3 Å². The number of hydrogen-bond acceptors (Lipinski definition) is 4. The van der Waals surface area contributed by atoms with Gasteiger partial charge in [-0.1, -0.05) is 35.9 Å². The van der Waals surface area contributed by atoms with Gasteiger partial charge in [-0.05, 0) is 55.9 Å². The van der Waals surface area contributed by atoms with Gasteiger partial charge in [-0.3, -0.25) is 9.59 Å². The van der Waals surface area contributed by atoms with E-state index in [2.05, 4.69) is 0 Å². The topological polar surface area (TPSA) is 63.7 Å². The Kier molecular flexibility index (Phi) is 3.74. The molecule has 5 heteroatoms. The van der Waals surface area contributed by atoms with E-state index in [1.165, 1.54) is 4.90 Å². The number of hydrogen-bond donors (Lipinski definition) is 0. The van der Waals surface area contributed by atoms with Crippen LogP contribution in [0.4, 0.5) is 4.79 Å². The first-order valence-electron chi connectivity index (χ1n) is 9.85. The van der Waals surface area contributed by atoms with Gasteiger partial charge < -0.3 is 4.74 Å². The van der Waals surface area contributed by atoms with Crippen LogP contribution in [0.3, 0.4) is 0 Å². The zero-order valence-corrected chi connectivity index (χ0v) is 15.4. The van der Waals surface area contributed by atoms with Gasteiger partial charge in [0.05, 0.1) is 11.6 Å². The number of carbonyl (C=O) groups is 3. The normalized spacial score (nSPS) is 34.4. The molecule has 1 aromatic carbocycles. The van der Waals surface area contributed by atoms with E-state index in [4.69, 9.17) is 4.74 Å². The molecule has 140 valence electrons. The lowest BCUT2D eigenvalue weighted by molar-refractivity contribution is -0.129. The van der Waals surface area contributed by atoms with Gasteiger partial charge in [0.15, 0.2) is 5.78 Å². The quantitative estimate of drug-likeness (QED) is 0.772. The molecular formula is C22H23NO4. The predicted octanol–water partition coefficient (Wildman–Crippen LogP) is 3.14. The number of fused-ring (bicyclic) bond motifs is 5. The fourth-order valence-corrected chi connectivity index (χ4v) is 5.96. The Bertz CT molecular complexity index is 858. The molecule has 3 fully saturated rings. The summed E-state index contributed by atoms with van der Waals surface area (Å²) in [5, 5.41) is 0. The number of allylic oxidation sites excluding steroid dienone is 1. The summed E-state index contributed by atoms with van der Waals surface area (Å²) in [7, 11) is 0. The van der Waals surface area contributed by atoms with Crippen molar-refractivity contribution in [3.8, 4) is 0 Å². The van der Waals surface area contributed by atoms with Gasteiger partial charge in [0.2, 0.25) is 0 Å². The van der Waals surface area contributed by atoms with Crippen LogP contribution in [0, 0.1) is 23.7 Å². The van der Waals surface area contributed by atoms with Crippen LogP contribution in [-0.2, 0) is 20.7 Å². The molecule has 5 nitrogen and oxygen atoms in total. The summed E-state index contributed by atoms with van der Waals surface area (Å²) in [5.41, 5.74) is 2.20. The molecule has 1 saturated heterocycles. The van der Waals surface area contributed by atoms with Crippen LogP contribution in [0.15, 0.2) is 41.5 Å². The Morgan fingerprint density at radius 1 is 1.11 bits per heavy atom. The van der Waals surface area contributed by atoms with Crippen molar-refractivity contribution in [2.24, 2.45) is 23.7 Å². The maximum absolute atomic E-state index is 13.3. The van der Waals surface area contributed by atoms with Gasteiger partial charge in [-0.2, -0.15) is 0 Å². The van der Waals surface area contributed by atoms with E-state index in [1.807, 2.05) is 37.3 Å². The minimum atomic E-state index is -0.630. The monoisotopic (exact) mass is 365 g/mol. The molecule has 0 spiro atoms. The highest BCUT2D eigenvalue weighted by Crippen LogP contribution is 2.59. The van der Waals surface area contributed by atoms with Gasteiger partial charge in [0.25, 0.3) is 5.91 Å². The van der Waals surface area contributed by atoms with E-state index >= 15 is 0 Å². The second kappa shape index (κ2) is 6.04. The molecule has 1 heterocycles. The van der Waals surface area contributed by atoms with E-state index in [-0.39, 0.29) is 35.8 Å². The van der Waals surface area contributed by atoms with Crippen LogP contribution in [0.5, 0.6) is 0 Å². The number of cyclic esters (lactones) is 1. The van der Waals surface area contributed by atoms with Crippen molar-refractivity contribution in [2.75, 3.05) is 6.61 Å². The van der Waals surface area contributed by atoms with E-state index < -0.39 is 12.0 Å². The maximum atomic E-state index is 13.3. The number of rotatable bonds is 3. The van der Waals surface area contributed by atoms with E-state index in [9.17, 15) is 14.4 Å². The lowest BCUT2D eigenvalue weighted by Gasteiger charge is -2.24. The van der Waals surface area contributed by atoms with Crippen LogP contribution in [0.25, 0.3) is 0 Å². The molecule has 0 aromatic heterocycles. The van der Waals surface area contributed by atoms with Gasteiger partial charge >= 0.3 is 6.09 Å². The Morgan fingerprint density at radius 2 is 1.81 bits per heavy atom. The largest absolute Gasteiger partial charge is 0.447 e. The minimum Gasteiger partial charge on any atom is -0.447 e. The lowest BCUT2D eigenvalue weighted by atomic mass is 9.79. The Morgan fingerprint density at radius 3 is 2.52 bits per heavy atom. The highest BCUT2D eigenvalue weighted by molar-refractivity contribution is 6.25. The summed E-state index contributed by atoms with van der Waals surface area (Å²) in [4.78, 5) is 39.9. The Labute approximate surface area is 158 Å². The summed E-state index contributed by atoms with van der Waals surface area (Å²) in [6.07, 6.45) is 3.27. The number of nitrogens with zero attached hydrogens (tertiary/aromatic N) is 1. The molecule has 1 aromatic rings. The number of benzene rings is 1. The SMILES string of the molecule is CC1=C(C(=O)N2C(=O)OC[C@@H]2Cc2ccccc2)C(=O)[C@H]2[C@@H]3CC[C@@H](C3)[C@@H]12. The first kappa shape index (κ1) is 16.7. The van der Waals surface area contributed by atoms with Gasteiger partial charge in [0.1, 0.15) is 6.61 Å². The predicted molar refractivity (Wildman–Crippen MR) is 97.6 cm³/mol. The van der Waals surface area contributed by atoms with Crippen molar-refractivity contribution in [3.05, 3.63) is 47.0 Å². The molecule has 27 heavy (non-hydrogen) atoms. The zero-order chi connectivity index (χ0) is 18.7. The summed E-state index contributed by atoms with van der Waals surface area (Å²) >= 11 is 0. The third kappa shape index (κ3) is 2.40. The average molecular weight is 365 g/mol. The lowest BCUT2D eigenvalue weighted by Crippen LogP contribution is -2.42. The summed E-state index contributed by atoms with van der Waals surface area (Å²) < 4.78 is 5.18. The molecule has 0 radical (unpaired) electrons. The van der Waals surface area contributed by atoms with Crippen LogP contribution >= 0.6 is 0 Å². The molecule has 5 rings (SSSR count). The highest BCUT2D eigenvalue weighted by Gasteiger charge is 2.58. The highest BCUT2D eigenvalue weighted by atomic mass is 16.6. The van der Waals surface area contributed by atoms with Crippen LogP contribution < -0.4 is 0 Å². The summed E-state index contributed by atoms with van der Waals surface area (Å²) in [5.74, 6) is 0.635. The van der Waals surface area contributed by atoms with Gasteiger partial charge in [0, 0.05) is 5.92 Å². The van der Waals surface area contributed by atoms with Crippen molar-refractivity contribution in [2.45, 2.75) is 38.6 Å². The molecule has 3 aliphatic carbocycles. The number of imide groups is 1. The molecule has 0 N–H and O–H groups in total. The first-order chi connectivity index (χ1) is 13.1. The van der Waals surface area contributed by atoms with Gasteiger partial charge in [-0.25, -0.2) is 9.69 Å². The Hall–Kier alpha value is -2.43. The smallest absolute Gasteiger partial charge is 0.417 e. The van der Waals surface area contributed by atoms with Crippen molar-refractivity contribution in [3.63, 3.8) is 0 Å². The molecular weight excluding hydrogens is 342 g/mol. The number of ketones is 1. The fraction of sp³-hybridized carbons (Fsp3) is 0.500. The number of Topliss-reactive ketones (excluding diaryl/α,β-unsaturated/α-hetero) is 1. The molecule has 0 unspecified atom stereocenters. The second-order valence-electron chi connectivity index (χ2n) is 8.40. The molecule has 2 saturated carbocycles. The molecule has 2 bridgehead atoms. The Balaban J connectivity index is 1.44. The van der Waals surface area contributed by atoms with Crippen LogP contribution in [0.2, 0.25) is 0 Å².